The smallest absolute Gasteiger partial charge is 0.231 e. The minimum atomic E-state index is 0.254. The van der Waals surface area contributed by atoms with Crippen molar-refractivity contribution >= 4 is 11.6 Å². The summed E-state index contributed by atoms with van der Waals surface area (Å²) in [4.78, 5) is 0. The topological polar surface area (TPSA) is 36.3 Å². The summed E-state index contributed by atoms with van der Waals surface area (Å²) >= 11 is 6.56. The molecule has 1 saturated carbocycles. The molecule has 0 N–H and O–H groups in total. The molecule has 0 unspecified atom stereocenters. The van der Waals surface area contributed by atoms with Gasteiger partial charge in [0.15, 0.2) is 11.5 Å². The van der Waals surface area contributed by atoms with Crippen molar-refractivity contribution in [2.75, 3.05) is 6.79 Å². The molecule has 0 atom stereocenters. The number of rotatable bonds is 5. The van der Waals surface area contributed by atoms with Gasteiger partial charge < -0.3 is 9.47 Å². The lowest BCUT2D eigenvalue weighted by Gasteiger charge is -2.21. The maximum Gasteiger partial charge on any atom is 0.231 e. The second-order valence-corrected chi connectivity index (χ2v) is 8.48. The number of fused-ring (bicyclic) bond motifs is 1. The normalized spacial score (nSPS) is 16.3. The van der Waals surface area contributed by atoms with Gasteiger partial charge in [-0.15, -0.1) is 0 Å². The molecule has 1 fully saturated rings. The molecule has 0 saturated heterocycles. The van der Waals surface area contributed by atoms with Gasteiger partial charge in [0.1, 0.15) is 0 Å². The third-order valence-electron chi connectivity index (χ3n) is 5.98. The van der Waals surface area contributed by atoms with Crippen LogP contribution in [0, 0.1) is 5.92 Å². The van der Waals surface area contributed by atoms with Crippen molar-refractivity contribution in [3.8, 4) is 22.8 Å². The molecule has 150 valence electrons. The molecule has 0 spiro atoms. The van der Waals surface area contributed by atoms with Gasteiger partial charge in [-0.1, -0.05) is 61.2 Å². The Kier molecular flexibility index (Phi) is 5.19. The molecule has 2 aromatic carbocycles. The molecule has 2 aliphatic rings. The Bertz CT molecular complexity index is 994. The number of ether oxygens (including phenoxy) is 2. The van der Waals surface area contributed by atoms with E-state index in [2.05, 4.69) is 35.1 Å². The van der Waals surface area contributed by atoms with Gasteiger partial charge in [0, 0.05) is 41.4 Å². The lowest BCUT2D eigenvalue weighted by Crippen LogP contribution is -2.14. The standard InChI is InChI=1S/C24H25ClN2O2/c25-21-13-23-22(28-16-29-23)12-19(21)11-20-15-27(14-17-7-3-1-4-8-17)26-24(20)18-9-5-2-6-10-18/h2,5-6,9-10,12-13,15,17H,1,3-4,7-8,11,14,16H2. The summed E-state index contributed by atoms with van der Waals surface area (Å²) in [5.41, 5.74) is 4.40. The van der Waals surface area contributed by atoms with E-state index in [-0.39, 0.29) is 6.79 Å². The Labute approximate surface area is 176 Å². The Morgan fingerprint density at radius 2 is 1.72 bits per heavy atom. The lowest BCUT2D eigenvalue weighted by atomic mass is 9.89. The molecule has 4 nitrogen and oxygen atoms in total. The van der Waals surface area contributed by atoms with Crippen molar-refractivity contribution in [3.63, 3.8) is 0 Å². The largest absolute Gasteiger partial charge is 0.454 e. The molecule has 0 bridgehead atoms. The summed E-state index contributed by atoms with van der Waals surface area (Å²) in [7, 11) is 0. The van der Waals surface area contributed by atoms with Crippen LogP contribution in [-0.2, 0) is 13.0 Å². The highest BCUT2D eigenvalue weighted by Crippen LogP contribution is 2.38. The highest BCUT2D eigenvalue weighted by Gasteiger charge is 2.20. The molecule has 29 heavy (non-hydrogen) atoms. The minimum absolute atomic E-state index is 0.254. The lowest BCUT2D eigenvalue weighted by molar-refractivity contribution is 0.174. The number of nitrogens with zero attached hydrogens (tertiary/aromatic N) is 2. The fourth-order valence-corrected chi connectivity index (χ4v) is 4.68. The van der Waals surface area contributed by atoms with E-state index in [1.807, 2.05) is 18.2 Å². The number of benzene rings is 2. The van der Waals surface area contributed by atoms with Gasteiger partial charge in [0.2, 0.25) is 6.79 Å². The number of aromatic nitrogens is 2. The van der Waals surface area contributed by atoms with Crippen molar-refractivity contribution < 1.29 is 9.47 Å². The van der Waals surface area contributed by atoms with Gasteiger partial charge in [-0.3, -0.25) is 4.68 Å². The molecule has 1 aliphatic heterocycles. The van der Waals surface area contributed by atoms with E-state index in [9.17, 15) is 0 Å². The molecule has 1 aromatic heterocycles. The van der Waals surface area contributed by atoms with Gasteiger partial charge in [-0.25, -0.2) is 0 Å². The fourth-order valence-electron chi connectivity index (χ4n) is 4.46. The Morgan fingerprint density at radius 3 is 2.52 bits per heavy atom. The van der Waals surface area contributed by atoms with Gasteiger partial charge in [-0.05, 0) is 30.4 Å². The number of hydrogen-bond acceptors (Lipinski definition) is 3. The fraction of sp³-hybridized carbons (Fsp3) is 0.375. The van der Waals surface area contributed by atoms with Crippen LogP contribution in [0.25, 0.3) is 11.3 Å². The van der Waals surface area contributed by atoms with Gasteiger partial charge in [0.25, 0.3) is 0 Å². The van der Waals surface area contributed by atoms with E-state index in [0.717, 1.165) is 40.8 Å². The Hall–Kier alpha value is -2.46. The molecule has 5 heteroatoms. The van der Waals surface area contributed by atoms with E-state index in [0.29, 0.717) is 11.4 Å². The zero-order chi connectivity index (χ0) is 19.6. The summed E-state index contributed by atoms with van der Waals surface area (Å²) in [6.45, 7) is 1.25. The first-order valence-corrected chi connectivity index (χ1v) is 10.8. The van der Waals surface area contributed by atoms with Crippen molar-refractivity contribution in [1.29, 1.82) is 0 Å². The van der Waals surface area contributed by atoms with Crippen molar-refractivity contribution in [3.05, 3.63) is 64.8 Å². The second-order valence-electron chi connectivity index (χ2n) is 8.07. The van der Waals surface area contributed by atoms with Crippen LogP contribution in [0.15, 0.2) is 48.7 Å². The molecular formula is C24H25ClN2O2. The van der Waals surface area contributed by atoms with Crippen molar-refractivity contribution in [1.82, 2.24) is 9.78 Å². The average molecular weight is 409 g/mol. The maximum atomic E-state index is 6.56. The SMILES string of the molecule is Clc1cc2c(cc1Cc1cn(CC3CCCCC3)nc1-c1ccccc1)OCO2. The third-order valence-corrected chi connectivity index (χ3v) is 6.33. The highest BCUT2D eigenvalue weighted by atomic mass is 35.5. The van der Waals surface area contributed by atoms with Crippen molar-refractivity contribution in [2.24, 2.45) is 5.92 Å². The molecule has 2 heterocycles. The second kappa shape index (κ2) is 8.11. The van der Waals surface area contributed by atoms with Crippen LogP contribution in [0.5, 0.6) is 11.5 Å². The highest BCUT2D eigenvalue weighted by molar-refractivity contribution is 6.31. The molecule has 1 aliphatic carbocycles. The van der Waals surface area contributed by atoms with E-state index in [1.54, 1.807) is 0 Å². The van der Waals surface area contributed by atoms with Gasteiger partial charge >= 0.3 is 0 Å². The van der Waals surface area contributed by atoms with Crippen LogP contribution in [0.4, 0.5) is 0 Å². The van der Waals surface area contributed by atoms with Crippen LogP contribution < -0.4 is 9.47 Å². The summed E-state index contributed by atoms with van der Waals surface area (Å²) in [6, 6.07) is 14.3. The van der Waals surface area contributed by atoms with Crippen molar-refractivity contribution in [2.45, 2.75) is 45.1 Å². The summed E-state index contributed by atoms with van der Waals surface area (Å²) in [5, 5.41) is 5.69. The van der Waals surface area contributed by atoms with E-state index in [1.165, 1.54) is 37.7 Å². The first-order valence-electron chi connectivity index (χ1n) is 10.5. The Morgan fingerprint density at radius 1 is 0.966 bits per heavy atom. The molecule has 5 rings (SSSR count). The van der Waals surface area contributed by atoms with E-state index >= 15 is 0 Å². The molecule has 0 amide bonds. The zero-order valence-corrected chi connectivity index (χ0v) is 17.2. The quantitative estimate of drug-likeness (QED) is 0.511. The van der Waals surface area contributed by atoms with Crippen LogP contribution in [0.2, 0.25) is 5.02 Å². The maximum absolute atomic E-state index is 6.56. The number of hydrogen-bond donors (Lipinski definition) is 0. The predicted octanol–water partition coefficient (Wildman–Crippen LogP) is 6.10. The van der Waals surface area contributed by atoms with E-state index in [4.69, 9.17) is 26.2 Å². The zero-order valence-electron chi connectivity index (χ0n) is 16.4. The van der Waals surface area contributed by atoms with E-state index < -0.39 is 0 Å². The monoisotopic (exact) mass is 408 g/mol. The summed E-state index contributed by atoms with van der Waals surface area (Å²) in [5.74, 6) is 2.21. The summed E-state index contributed by atoms with van der Waals surface area (Å²) in [6.07, 6.45) is 9.60. The molecule has 0 radical (unpaired) electrons. The first-order chi connectivity index (χ1) is 14.3. The predicted molar refractivity (Wildman–Crippen MR) is 115 cm³/mol. The van der Waals surface area contributed by atoms with Gasteiger partial charge in [0.05, 0.1) is 5.69 Å². The third kappa shape index (κ3) is 3.99. The molecular weight excluding hydrogens is 384 g/mol. The van der Waals surface area contributed by atoms with Crippen LogP contribution >= 0.6 is 11.6 Å². The first kappa shape index (κ1) is 18.6. The van der Waals surface area contributed by atoms with Crippen LogP contribution in [0.3, 0.4) is 0 Å². The average Bonchev–Trinajstić information content (AvgIpc) is 3.36. The number of halogens is 1. The summed E-state index contributed by atoms with van der Waals surface area (Å²) < 4.78 is 13.1. The Balaban J connectivity index is 1.47. The minimum Gasteiger partial charge on any atom is -0.454 e. The van der Waals surface area contributed by atoms with Gasteiger partial charge in [-0.2, -0.15) is 5.10 Å². The molecule has 3 aromatic rings. The van der Waals surface area contributed by atoms with Crippen LogP contribution in [-0.4, -0.2) is 16.6 Å². The van der Waals surface area contributed by atoms with Crippen LogP contribution in [0.1, 0.15) is 43.2 Å².